The largest absolute Gasteiger partial charge is 0.379 e. The molecule has 3 heterocycles. The molecule has 0 bridgehead atoms. The first-order valence-electron chi connectivity index (χ1n) is 8.48. The second kappa shape index (κ2) is 8.21. The lowest BCUT2D eigenvalue weighted by Crippen LogP contribution is -2.39. The molecule has 0 radical (unpaired) electrons. The predicted molar refractivity (Wildman–Crippen MR) is 87.5 cm³/mol. The normalized spacial score (nSPS) is 19.6. The fourth-order valence-electron chi connectivity index (χ4n) is 3.00. The molecule has 0 aliphatic carbocycles. The summed E-state index contributed by atoms with van der Waals surface area (Å²) in [5.74, 6) is 0.733. The van der Waals surface area contributed by atoms with Gasteiger partial charge in [-0.1, -0.05) is 0 Å². The molecule has 2 aliphatic heterocycles. The molecule has 0 unspecified atom stereocenters. The second-order valence-corrected chi connectivity index (χ2v) is 6.02. The number of piperidine rings is 1. The Balaban J connectivity index is 1.51. The predicted octanol–water partition coefficient (Wildman–Crippen LogP) is 0.847. The summed E-state index contributed by atoms with van der Waals surface area (Å²) >= 11 is 0. The van der Waals surface area contributed by atoms with Crippen molar-refractivity contribution < 1.29 is 9.53 Å². The van der Waals surface area contributed by atoms with Crippen LogP contribution in [0.1, 0.15) is 29.8 Å². The van der Waals surface area contributed by atoms with Gasteiger partial charge < -0.3 is 15.0 Å². The van der Waals surface area contributed by atoms with Crippen LogP contribution in [0.2, 0.25) is 0 Å². The molecule has 0 atom stereocenters. The zero-order chi connectivity index (χ0) is 15.9. The van der Waals surface area contributed by atoms with Crippen molar-refractivity contribution >= 4 is 11.7 Å². The molecule has 3 rings (SSSR count). The van der Waals surface area contributed by atoms with E-state index in [0.29, 0.717) is 11.5 Å². The number of aromatic nitrogens is 2. The highest BCUT2D eigenvalue weighted by atomic mass is 16.5. The van der Waals surface area contributed by atoms with Crippen LogP contribution < -0.4 is 5.32 Å². The van der Waals surface area contributed by atoms with Crippen LogP contribution in [0.15, 0.2) is 12.4 Å². The monoisotopic (exact) mass is 319 g/mol. The van der Waals surface area contributed by atoms with Gasteiger partial charge in [0.25, 0.3) is 5.91 Å². The molecule has 23 heavy (non-hydrogen) atoms. The fraction of sp³-hybridized carbons (Fsp3) is 0.688. The van der Waals surface area contributed by atoms with Crippen LogP contribution in [0.5, 0.6) is 0 Å². The number of rotatable bonds is 5. The number of nitrogens with zero attached hydrogens (tertiary/aromatic N) is 4. The van der Waals surface area contributed by atoms with Crippen LogP contribution in [0, 0.1) is 0 Å². The summed E-state index contributed by atoms with van der Waals surface area (Å²) in [6.07, 6.45) is 4.85. The summed E-state index contributed by atoms with van der Waals surface area (Å²) in [5, 5.41) is 3.29. The van der Waals surface area contributed by atoms with E-state index in [2.05, 4.69) is 20.2 Å². The second-order valence-electron chi connectivity index (χ2n) is 6.02. The molecule has 2 fully saturated rings. The van der Waals surface area contributed by atoms with E-state index in [4.69, 9.17) is 4.74 Å². The molecule has 1 aromatic heterocycles. The fourth-order valence-corrected chi connectivity index (χ4v) is 3.00. The minimum Gasteiger partial charge on any atom is -0.379 e. The van der Waals surface area contributed by atoms with Gasteiger partial charge in [0, 0.05) is 45.3 Å². The van der Waals surface area contributed by atoms with E-state index in [9.17, 15) is 4.79 Å². The Morgan fingerprint density at radius 3 is 2.70 bits per heavy atom. The van der Waals surface area contributed by atoms with Gasteiger partial charge in [-0.3, -0.25) is 9.69 Å². The van der Waals surface area contributed by atoms with Crippen molar-refractivity contribution in [3.63, 3.8) is 0 Å². The van der Waals surface area contributed by atoms with Crippen molar-refractivity contribution in [2.24, 2.45) is 0 Å². The van der Waals surface area contributed by atoms with Crippen LogP contribution in [0.25, 0.3) is 0 Å². The number of amides is 1. The van der Waals surface area contributed by atoms with Crippen molar-refractivity contribution in [2.45, 2.75) is 19.3 Å². The maximum Gasteiger partial charge on any atom is 0.272 e. The molecule has 1 amide bonds. The van der Waals surface area contributed by atoms with E-state index in [1.54, 1.807) is 6.07 Å². The molecule has 2 aliphatic rings. The van der Waals surface area contributed by atoms with E-state index in [1.165, 1.54) is 12.7 Å². The van der Waals surface area contributed by atoms with Gasteiger partial charge in [0.15, 0.2) is 0 Å². The molecule has 2 saturated heterocycles. The lowest BCUT2D eigenvalue weighted by Gasteiger charge is -2.27. The number of likely N-dealkylation sites (tertiary alicyclic amines) is 1. The minimum atomic E-state index is 0.0170. The number of ether oxygens (including phenoxy) is 1. The number of nitrogens with one attached hydrogen (secondary N) is 1. The minimum absolute atomic E-state index is 0.0170. The molecule has 0 saturated carbocycles. The molecule has 0 spiro atoms. The molecule has 1 aromatic rings. The van der Waals surface area contributed by atoms with Crippen LogP contribution >= 0.6 is 0 Å². The number of hydrogen-bond donors (Lipinski definition) is 1. The molecule has 7 nitrogen and oxygen atoms in total. The third-order valence-corrected chi connectivity index (χ3v) is 4.37. The Hall–Kier alpha value is -1.73. The van der Waals surface area contributed by atoms with E-state index in [1.807, 2.05) is 4.90 Å². The first kappa shape index (κ1) is 16.1. The highest BCUT2D eigenvalue weighted by molar-refractivity contribution is 5.92. The van der Waals surface area contributed by atoms with Crippen LogP contribution in [-0.2, 0) is 4.74 Å². The van der Waals surface area contributed by atoms with Gasteiger partial charge in [-0.2, -0.15) is 0 Å². The number of carbonyl (C=O) groups is 1. The zero-order valence-corrected chi connectivity index (χ0v) is 13.5. The lowest BCUT2D eigenvalue weighted by molar-refractivity contribution is 0.0398. The topological polar surface area (TPSA) is 70.6 Å². The third kappa shape index (κ3) is 4.62. The van der Waals surface area contributed by atoms with Crippen LogP contribution in [-0.4, -0.2) is 78.2 Å². The highest BCUT2D eigenvalue weighted by Gasteiger charge is 2.19. The first-order chi connectivity index (χ1) is 11.3. The number of carbonyl (C=O) groups excluding carboxylic acids is 1. The maximum atomic E-state index is 12.5. The van der Waals surface area contributed by atoms with E-state index in [0.717, 1.165) is 65.3 Å². The van der Waals surface area contributed by atoms with Crippen LogP contribution in [0.3, 0.4) is 0 Å². The van der Waals surface area contributed by atoms with Gasteiger partial charge in [0.1, 0.15) is 17.8 Å². The molecule has 1 N–H and O–H groups in total. The van der Waals surface area contributed by atoms with Crippen molar-refractivity contribution in [2.75, 3.05) is 57.8 Å². The Kier molecular flexibility index (Phi) is 5.76. The third-order valence-electron chi connectivity index (χ3n) is 4.37. The quantitative estimate of drug-likeness (QED) is 0.867. The lowest BCUT2D eigenvalue weighted by atomic mass is 10.1. The molecular weight excluding hydrogens is 294 g/mol. The standard InChI is InChI=1S/C16H25N5O2/c22-16(21-5-2-1-3-6-21)14-12-15(19-13-18-14)17-4-7-20-8-10-23-11-9-20/h12-13H,1-11H2,(H,17,18,19). The Morgan fingerprint density at radius 2 is 1.91 bits per heavy atom. The summed E-state index contributed by atoms with van der Waals surface area (Å²) in [5.41, 5.74) is 0.482. The highest BCUT2D eigenvalue weighted by Crippen LogP contribution is 2.13. The smallest absolute Gasteiger partial charge is 0.272 e. The summed E-state index contributed by atoms with van der Waals surface area (Å²) in [6, 6.07) is 1.76. The number of morpholine rings is 1. The Bertz CT molecular complexity index is 513. The molecular formula is C16H25N5O2. The molecule has 0 aromatic carbocycles. The van der Waals surface area contributed by atoms with Gasteiger partial charge in [0.2, 0.25) is 0 Å². The van der Waals surface area contributed by atoms with Crippen molar-refractivity contribution in [3.05, 3.63) is 18.1 Å². The molecule has 126 valence electrons. The maximum absolute atomic E-state index is 12.5. The van der Waals surface area contributed by atoms with Crippen molar-refractivity contribution in [1.29, 1.82) is 0 Å². The molecule has 7 heteroatoms. The van der Waals surface area contributed by atoms with E-state index in [-0.39, 0.29) is 5.91 Å². The summed E-state index contributed by atoms with van der Waals surface area (Å²) < 4.78 is 5.34. The van der Waals surface area contributed by atoms with Gasteiger partial charge in [0.05, 0.1) is 13.2 Å². The average Bonchev–Trinajstić information content (AvgIpc) is 2.63. The van der Waals surface area contributed by atoms with Crippen LogP contribution in [0.4, 0.5) is 5.82 Å². The first-order valence-corrected chi connectivity index (χ1v) is 8.48. The van der Waals surface area contributed by atoms with E-state index < -0.39 is 0 Å². The summed E-state index contributed by atoms with van der Waals surface area (Å²) in [4.78, 5) is 25.1. The Morgan fingerprint density at radius 1 is 1.13 bits per heavy atom. The van der Waals surface area contributed by atoms with Crippen molar-refractivity contribution in [1.82, 2.24) is 19.8 Å². The van der Waals surface area contributed by atoms with E-state index >= 15 is 0 Å². The summed E-state index contributed by atoms with van der Waals surface area (Å²) in [6.45, 7) is 6.99. The zero-order valence-electron chi connectivity index (χ0n) is 13.5. The number of hydrogen-bond acceptors (Lipinski definition) is 6. The average molecular weight is 319 g/mol. The van der Waals surface area contributed by atoms with Gasteiger partial charge in [-0.05, 0) is 19.3 Å². The van der Waals surface area contributed by atoms with Crippen molar-refractivity contribution in [3.8, 4) is 0 Å². The van der Waals surface area contributed by atoms with Gasteiger partial charge in [-0.15, -0.1) is 0 Å². The SMILES string of the molecule is O=C(c1cc(NCCN2CCOCC2)ncn1)N1CCCCC1. The van der Waals surface area contributed by atoms with Gasteiger partial charge in [-0.25, -0.2) is 9.97 Å². The summed E-state index contributed by atoms with van der Waals surface area (Å²) in [7, 11) is 0. The number of anilines is 1. The Labute approximate surface area is 137 Å². The van der Waals surface area contributed by atoms with Gasteiger partial charge >= 0.3 is 0 Å².